The quantitative estimate of drug-likeness (QED) is 0.602. The normalized spacial score (nSPS) is 9.76. The van der Waals surface area contributed by atoms with E-state index in [9.17, 15) is 19.8 Å². The number of likely N-dealkylation sites (N-methyl/N-ethyl adjacent to an activating group) is 1. The highest BCUT2D eigenvalue weighted by atomic mass is 16.5. The Morgan fingerprint density at radius 3 is 2.47 bits per heavy atom. The Morgan fingerprint density at radius 1 is 1.35 bits per heavy atom. The van der Waals surface area contributed by atoms with Crippen molar-refractivity contribution in [2.24, 2.45) is 0 Å². The fourth-order valence-electron chi connectivity index (χ4n) is 1.42. The van der Waals surface area contributed by atoms with Gasteiger partial charge in [-0.15, -0.1) is 0 Å². The van der Waals surface area contributed by atoms with Gasteiger partial charge in [0.25, 0.3) is 0 Å². The molecule has 0 aliphatic carbocycles. The highest BCUT2D eigenvalue weighted by Crippen LogP contribution is 2.24. The maximum atomic E-state index is 10.9. The van der Waals surface area contributed by atoms with E-state index in [4.69, 9.17) is 4.74 Å². The van der Waals surface area contributed by atoms with Gasteiger partial charge in [-0.3, -0.25) is 0 Å². The average Bonchev–Trinajstić information content (AvgIpc) is 2.27. The molecule has 6 nitrogen and oxygen atoms in total. The number of ether oxygens (including phenoxy) is 1. The number of nitrogens with zero attached hydrogens (tertiary/aromatic N) is 1. The number of aromatic carboxylic acids is 1. The number of hydrogen-bond donors (Lipinski definition) is 0. The summed E-state index contributed by atoms with van der Waals surface area (Å²) in [6.45, 7) is -0.410. The summed E-state index contributed by atoms with van der Waals surface area (Å²) in [5.74, 6) is -2.34. The molecule has 17 heavy (non-hydrogen) atoms. The first-order valence-electron chi connectivity index (χ1n) is 4.76. The standard InChI is InChI=1S/C11H13NO5/c1-12(6-10(13)14)9-4-3-7(17-2)5-8(9)11(15)16/h3-5H,6H2,1-2H3,(H,13,14)(H,15,16)/p-2. The second-order valence-corrected chi connectivity index (χ2v) is 3.40. The zero-order valence-electron chi connectivity index (χ0n) is 9.43. The number of aliphatic carboxylic acids is 1. The molecular weight excluding hydrogens is 226 g/mol. The summed E-state index contributed by atoms with van der Waals surface area (Å²) < 4.78 is 4.88. The summed E-state index contributed by atoms with van der Waals surface area (Å²) in [4.78, 5) is 22.6. The molecule has 0 aliphatic heterocycles. The number of carboxylic acid groups (broad SMARTS) is 2. The monoisotopic (exact) mass is 237 g/mol. The van der Waals surface area contributed by atoms with E-state index in [2.05, 4.69) is 0 Å². The van der Waals surface area contributed by atoms with Gasteiger partial charge in [0.15, 0.2) is 0 Å². The molecule has 0 saturated heterocycles. The highest BCUT2D eigenvalue weighted by Gasteiger charge is 2.09. The van der Waals surface area contributed by atoms with Crippen molar-refractivity contribution >= 4 is 17.6 Å². The molecule has 1 aromatic carbocycles. The van der Waals surface area contributed by atoms with E-state index in [0.717, 1.165) is 0 Å². The summed E-state index contributed by atoms with van der Waals surface area (Å²) in [5.41, 5.74) is 0.100. The third-order valence-corrected chi connectivity index (χ3v) is 2.20. The van der Waals surface area contributed by atoms with E-state index in [1.54, 1.807) is 0 Å². The first-order chi connectivity index (χ1) is 7.95. The van der Waals surface area contributed by atoms with Crippen LogP contribution in [0.2, 0.25) is 0 Å². The molecule has 0 spiro atoms. The Balaban J connectivity index is 3.14. The number of carbonyl (C=O) groups excluding carboxylic acids is 2. The molecule has 0 aliphatic rings. The maximum absolute atomic E-state index is 10.9. The van der Waals surface area contributed by atoms with E-state index < -0.39 is 18.5 Å². The summed E-state index contributed by atoms with van der Waals surface area (Å²) >= 11 is 0. The van der Waals surface area contributed by atoms with E-state index >= 15 is 0 Å². The molecule has 6 heteroatoms. The van der Waals surface area contributed by atoms with Crippen LogP contribution >= 0.6 is 0 Å². The number of carbonyl (C=O) groups is 2. The Kier molecular flexibility index (Phi) is 3.92. The lowest BCUT2D eigenvalue weighted by molar-refractivity contribution is -0.303. The number of rotatable bonds is 5. The van der Waals surface area contributed by atoms with Gasteiger partial charge < -0.3 is 29.4 Å². The van der Waals surface area contributed by atoms with Crippen LogP contribution in [-0.2, 0) is 4.79 Å². The molecule has 0 heterocycles. The topological polar surface area (TPSA) is 92.7 Å². The van der Waals surface area contributed by atoms with Gasteiger partial charge >= 0.3 is 0 Å². The van der Waals surface area contributed by atoms with E-state index in [1.807, 2.05) is 0 Å². The summed E-state index contributed by atoms with van der Waals surface area (Å²) in [6.07, 6.45) is 0. The number of carboxylic acids is 2. The highest BCUT2D eigenvalue weighted by molar-refractivity contribution is 5.94. The van der Waals surface area contributed by atoms with Crippen LogP contribution in [0.1, 0.15) is 10.4 Å². The van der Waals surface area contributed by atoms with Crippen LogP contribution in [-0.4, -0.2) is 32.6 Å². The molecule has 92 valence electrons. The van der Waals surface area contributed by atoms with Crippen molar-refractivity contribution < 1.29 is 24.5 Å². The molecule has 0 amide bonds. The van der Waals surface area contributed by atoms with E-state index in [1.165, 1.54) is 37.3 Å². The second-order valence-electron chi connectivity index (χ2n) is 3.40. The number of methoxy groups -OCH3 is 1. The molecule has 0 atom stereocenters. The Morgan fingerprint density at radius 2 is 2.00 bits per heavy atom. The van der Waals surface area contributed by atoms with E-state index in [-0.39, 0.29) is 11.3 Å². The molecule has 0 unspecified atom stereocenters. The zero-order chi connectivity index (χ0) is 13.0. The molecule has 0 N–H and O–H groups in total. The van der Waals surface area contributed by atoms with Crippen LogP contribution < -0.4 is 19.8 Å². The molecule has 0 aromatic heterocycles. The number of hydrogen-bond acceptors (Lipinski definition) is 6. The first-order valence-corrected chi connectivity index (χ1v) is 4.76. The summed E-state index contributed by atoms with van der Waals surface area (Å²) in [5, 5.41) is 21.4. The largest absolute Gasteiger partial charge is 0.548 e. The molecule has 0 radical (unpaired) electrons. The van der Waals surface area contributed by atoms with Gasteiger partial charge in [-0.05, 0) is 18.2 Å². The lowest BCUT2D eigenvalue weighted by atomic mass is 10.1. The zero-order valence-corrected chi connectivity index (χ0v) is 9.43. The molecule has 1 rings (SSSR count). The minimum absolute atomic E-state index is 0.131. The van der Waals surface area contributed by atoms with Crippen molar-refractivity contribution in [3.63, 3.8) is 0 Å². The van der Waals surface area contributed by atoms with Gasteiger partial charge in [0.2, 0.25) is 0 Å². The second kappa shape index (κ2) is 5.20. The Labute approximate surface area is 98.0 Å². The van der Waals surface area contributed by atoms with Crippen LogP contribution in [0.25, 0.3) is 0 Å². The smallest absolute Gasteiger partial charge is 0.119 e. The van der Waals surface area contributed by atoms with Gasteiger partial charge in [0, 0.05) is 18.3 Å². The SMILES string of the molecule is COc1ccc(N(C)CC(=O)[O-])c(C(=O)[O-])c1. The first kappa shape index (κ1) is 12.8. The van der Waals surface area contributed by atoms with Crippen molar-refractivity contribution in [3.8, 4) is 5.75 Å². The predicted molar refractivity (Wildman–Crippen MR) is 55.6 cm³/mol. The molecule has 1 aromatic rings. The average molecular weight is 237 g/mol. The van der Waals surface area contributed by atoms with Crippen molar-refractivity contribution in [3.05, 3.63) is 23.8 Å². The van der Waals surface area contributed by atoms with Crippen LogP contribution in [0.3, 0.4) is 0 Å². The number of benzene rings is 1. The van der Waals surface area contributed by atoms with Gasteiger partial charge in [0.1, 0.15) is 5.75 Å². The Hall–Kier alpha value is -2.24. The fourth-order valence-corrected chi connectivity index (χ4v) is 1.42. The predicted octanol–water partition coefficient (Wildman–Crippen LogP) is -1.76. The minimum Gasteiger partial charge on any atom is -0.548 e. The molecule has 0 saturated carbocycles. The Bertz CT molecular complexity index is 443. The third kappa shape index (κ3) is 3.10. The van der Waals surface area contributed by atoms with E-state index in [0.29, 0.717) is 5.75 Å². The molecule has 0 fully saturated rings. The van der Waals surface area contributed by atoms with Gasteiger partial charge in [0.05, 0.1) is 25.6 Å². The van der Waals surface area contributed by atoms with Crippen LogP contribution in [0.15, 0.2) is 18.2 Å². The van der Waals surface area contributed by atoms with Crippen LogP contribution in [0, 0.1) is 0 Å². The third-order valence-electron chi connectivity index (χ3n) is 2.20. The summed E-state index contributed by atoms with van der Waals surface area (Å²) in [7, 11) is 2.85. The maximum Gasteiger partial charge on any atom is 0.119 e. The summed E-state index contributed by atoms with van der Waals surface area (Å²) in [6, 6.07) is 4.26. The molecular formula is C11H11NO5-2. The molecule has 0 bridgehead atoms. The van der Waals surface area contributed by atoms with Gasteiger partial charge in [-0.2, -0.15) is 0 Å². The minimum atomic E-state index is -1.40. The number of anilines is 1. The lowest BCUT2D eigenvalue weighted by Crippen LogP contribution is -2.37. The van der Waals surface area contributed by atoms with Crippen LogP contribution in [0.4, 0.5) is 5.69 Å². The van der Waals surface area contributed by atoms with Crippen molar-refractivity contribution in [1.29, 1.82) is 0 Å². The van der Waals surface area contributed by atoms with Gasteiger partial charge in [-0.1, -0.05) is 0 Å². The fraction of sp³-hybridized carbons (Fsp3) is 0.273. The van der Waals surface area contributed by atoms with Gasteiger partial charge in [-0.25, -0.2) is 0 Å². The van der Waals surface area contributed by atoms with Crippen molar-refractivity contribution in [1.82, 2.24) is 0 Å². The van der Waals surface area contributed by atoms with Crippen LogP contribution in [0.5, 0.6) is 5.75 Å². The van der Waals surface area contributed by atoms with Crippen molar-refractivity contribution in [2.75, 3.05) is 25.6 Å². The van der Waals surface area contributed by atoms with Crippen molar-refractivity contribution in [2.45, 2.75) is 0 Å². The lowest BCUT2D eigenvalue weighted by Gasteiger charge is -2.23.